The lowest BCUT2D eigenvalue weighted by Gasteiger charge is -2.10. The van der Waals surface area contributed by atoms with Gasteiger partial charge in [0.2, 0.25) is 10.0 Å². The zero-order valence-electron chi connectivity index (χ0n) is 17.7. The topological polar surface area (TPSA) is 94.6 Å². The first-order valence-corrected chi connectivity index (χ1v) is 12.2. The van der Waals surface area contributed by atoms with Crippen molar-refractivity contribution in [3.63, 3.8) is 0 Å². The highest BCUT2D eigenvalue weighted by Crippen LogP contribution is 2.30. The SMILES string of the molecule is CS(=O)(=O)NC(=O)c1ccc(COc2cccc(-c3cc(OCC4CC4)ccn3)c2)cc1. The van der Waals surface area contributed by atoms with E-state index in [2.05, 4.69) is 4.98 Å². The van der Waals surface area contributed by atoms with E-state index in [1.807, 2.05) is 41.1 Å². The smallest absolute Gasteiger partial charge is 0.264 e. The van der Waals surface area contributed by atoms with Gasteiger partial charge >= 0.3 is 0 Å². The van der Waals surface area contributed by atoms with Crippen LogP contribution in [-0.4, -0.2) is 32.2 Å². The van der Waals surface area contributed by atoms with Crippen molar-refractivity contribution < 1.29 is 22.7 Å². The fourth-order valence-corrected chi connectivity index (χ4v) is 3.50. The van der Waals surface area contributed by atoms with Crippen molar-refractivity contribution >= 4 is 15.9 Å². The van der Waals surface area contributed by atoms with E-state index in [4.69, 9.17) is 9.47 Å². The quantitative estimate of drug-likeness (QED) is 0.531. The average molecular weight is 453 g/mol. The molecule has 0 aliphatic heterocycles. The average Bonchev–Trinajstić information content (AvgIpc) is 3.60. The Morgan fingerprint density at radius 3 is 2.50 bits per heavy atom. The van der Waals surface area contributed by atoms with Crippen LogP contribution in [0.1, 0.15) is 28.8 Å². The van der Waals surface area contributed by atoms with Crippen molar-refractivity contribution in [1.82, 2.24) is 9.71 Å². The largest absolute Gasteiger partial charge is 0.493 e. The van der Waals surface area contributed by atoms with Gasteiger partial charge in [-0.25, -0.2) is 13.1 Å². The van der Waals surface area contributed by atoms with E-state index in [0.717, 1.165) is 35.4 Å². The van der Waals surface area contributed by atoms with Crippen molar-refractivity contribution in [3.8, 4) is 22.8 Å². The Hall–Kier alpha value is -3.39. The Labute approximate surface area is 187 Å². The summed E-state index contributed by atoms with van der Waals surface area (Å²) < 4.78 is 36.1. The second-order valence-electron chi connectivity index (χ2n) is 7.85. The number of amides is 1. The molecule has 1 aliphatic rings. The first kappa shape index (κ1) is 21.8. The number of aromatic nitrogens is 1. The second-order valence-corrected chi connectivity index (χ2v) is 9.60. The lowest BCUT2D eigenvalue weighted by molar-refractivity contribution is 0.0981. The van der Waals surface area contributed by atoms with Crippen molar-refractivity contribution in [2.45, 2.75) is 19.4 Å². The van der Waals surface area contributed by atoms with Crippen LogP contribution in [-0.2, 0) is 16.6 Å². The fraction of sp³-hybridized carbons (Fsp3) is 0.250. The summed E-state index contributed by atoms with van der Waals surface area (Å²) >= 11 is 0. The zero-order chi connectivity index (χ0) is 22.6. The van der Waals surface area contributed by atoms with Crippen LogP contribution in [0, 0.1) is 5.92 Å². The number of ether oxygens (including phenoxy) is 2. The first-order valence-electron chi connectivity index (χ1n) is 10.3. The van der Waals surface area contributed by atoms with E-state index in [1.165, 1.54) is 12.8 Å². The molecule has 2 aromatic carbocycles. The number of carbonyl (C=O) groups is 1. The van der Waals surface area contributed by atoms with Crippen LogP contribution < -0.4 is 14.2 Å². The predicted molar refractivity (Wildman–Crippen MR) is 121 cm³/mol. The third-order valence-electron chi connectivity index (χ3n) is 4.94. The highest BCUT2D eigenvalue weighted by molar-refractivity contribution is 7.89. The Morgan fingerprint density at radius 1 is 1.03 bits per heavy atom. The highest BCUT2D eigenvalue weighted by Gasteiger charge is 2.22. The highest BCUT2D eigenvalue weighted by atomic mass is 32.2. The summed E-state index contributed by atoms with van der Waals surface area (Å²) in [5.74, 6) is 1.52. The van der Waals surface area contributed by atoms with Crippen molar-refractivity contribution in [1.29, 1.82) is 0 Å². The Balaban J connectivity index is 1.38. The molecule has 3 aromatic rings. The number of pyridine rings is 1. The minimum absolute atomic E-state index is 0.260. The van der Waals surface area contributed by atoms with Gasteiger partial charge in [0.1, 0.15) is 18.1 Å². The molecular weight excluding hydrogens is 428 g/mol. The maximum Gasteiger partial charge on any atom is 0.264 e. The van der Waals surface area contributed by atoms with Gasteiger partial charge in [-0.2, -0.15) is 0 Å². The molecule has 32 heavy (non-hydrogen) atoms. The van der Waals surface area contributed by atoms with Crippen molar-refractivity contribution in [2.75, 3.05) is 12.9 Å². The van der Waals surface area contributed by atoms with Gasteiger partial charge in [-0.1, -0.05) is 24.3 Å². The van der Waals surface area contributed by atoms with Crippen molar-refractivity contribution in [2.24, 2.45) is 5.92 Å². The van der Waals surface area contributed by atoms with E-state index in [0.29, 0.717) is 18.3 Å². The minimum Gasteiger partial charge on any atom is -0.493 e. The normalized spacial score (nSPS) is 13.4. The number of benzene rings is 2. The van der Waals surface area contributed by atoms with Crippen LogP contribution in [0.25, 0.3) is 11.3 Å². The third-order valence-corrected chi connectivity index (χ3v) is 5.50. The van der Waals surface area contributed by atoms with Crippen LogP contribution >= 0.6 is 0 Å². The summed E-state index contributed by atoms with van der Waals surface area (Å²) in [4.78, 5) is 16.3. The van der Waals surface area contributed by atoms with E-state index in [9.17, 15) is 13.2 Å². The molecule has 0 saturated heterocycles. The Morgan fingerprint density at radius 2 is 1.78 bits per heavy atom. The van der Waals surface area contributed by atoms with Crippen LogP contribution in [0.15, 0.2) is 66.9 Å². The van der Waals surface area contributed by atoms with Crippen LogP contribution in [0.3, 0.4) is 0 Å². The number of hydrogen-bond donors (Lipinski definition) is 1. The molecule has 8 heteroatoms. The van der Waals surface area contributed by atoms with Crippen LogP contribution in [0.4, 0.5) is 0 Å². The van der Waals surface area contributed by atoms with Gasteiger partial charge in [-0.15, -0.1) is 0 Å². The molecule has 166 valence electrons. The standard InChI is InChI=1S/C24H24N2O5S/c1-32(28,29)26-24(27)19-9-7-18(8-10-19)16-30-21-4-2-3-20(13-21)23-14-22(11-12-25-23)31-15-17-5-6-17/h2-4,7-14,17H,5-6,15-16H2,1H3,(H,26,27). The second kappa shape index (κ2) is 9.40. The summed E-state index contributed by atoms with van der Waals surface area (Å²) in [6.07, 6.45) is 5.17. The van der Waals surface area contributed by atoms with E-state index in [-0.39, 0.29) is 5.56 Å². The predicted octanol–water partition coefficient (Wildman–Crippen LogP) is 3.81. The molecule has 1 aromatic heterocycles. The summed E-state index contributed by atoms with van der Waals surface area (Å²) in [6.45, 7) is 1.05. The molecule has 0 radical (unpaired) electrons. The third kappa shape index (κ3) is 6.31. The summed E-state index contributed by atoms with van der Waals surface area (Å²) in [5, 5.41) is 0. The van der Waals surface area contributed by atoms with Gasteiger partial charge < -0.3 is 9.47 Å². The monoisotopic (exact) mass is 452 g/mol. The molecular formula is C24H24N2O5S. The number of carbonyl (C=O) groups excluding carboxylic acids is 1. The molecule has 0 atom stereocenters. The maximum atomic E-state index is 11.9. The molecule has 0 spiro atoms. The van der Waals surface area contributed by atoms with Gasteiger partial charge in [0, 0.05) is 23.4 Å². The van der Waals surface area contributed by atoms with Gasteiger partial charge in [-0.05, 0) is 54.7 Å². The molecule has 1 fully saturated rings. The molecule has 1 amide bonds. The summed E-state index contributed by atoms with van der Waals surface area (Å²) in [6, 6.07) is 18.0. The number of hydrogen-bond acceptors (Lipinski definition) is 6. The molecule has 1 saturated carbocycles. The fourth-order valence-electron chi connectivity index (χ4n) is 3.05. The zero-order valence-corrected chi connectivity index (χ0v) is 18.5. The molecule has 1 heterocycles. The Kier molecular flexibility index (Phi) is 6.41. The minimum atomic E-state index is -3.60. The van der Waals surface area contributed by atoms with Crippen molar-refractivity contribution in [3.05, 3.63) is 78.0 Å². The molecule has 4 rings (SSSR count). The van der Waals surface area contributed by atoms with E-state index < -0.39 is 15.9 Å². The Bertz CT molecular complexity index is 1210. The molecule has 0 unspecified atom stereocenters. The van der Waals surface area contributed by atoms with Gasteiger partial charge in [0.15, 0.2) is 0 Å². The molecule has 7 nitrogen and oxygen atoms in total. The molecule has 1 N–H and O–H groups in total. The molecule has 0 bridgehead atoms. The van der Waals surface area contributed by atoms with Gasteiger partial charge in [0.05, 0.1) is 18.6 Å². The van der Waals surface area contributed by atoms with Gasteiger partial charge in [0.25, 0.3) is 5.91 Å². The number of rotatable bonds is 9. The number of nitrogens with one attached hydrogen (secondary N) is 1. The lowest BCUT2D eigenvalue weighted by atomic mass is 10.1. The summed E-state index contributed by atoms with van der Waals surface area (Å²) in [7, 11) is -3.60. The summed E-state index contributed by atoms with van der Waals surface area (Å²) in [5.41, 5.74) is 2.84. The van der Waals surface area contributed by atoms with Gasteiger partial charge in [-0.3, -0.25) is 9.78 Å². The van der Waals surface area contributed by atoms with Crippen LogP contribution in [0.5, 0.6) is 11.5 Å². The van der Waals surface area contributed by atoms with Crippen LogP contribution in [0.2, 0.25) is 0 Å². The molecule has 1 aliphatic carbocycles. The maximum absolute atomic E-state index is 11.9. The number of sulfonamides is 1. The van der Waals surface area contributed by atoms with E-state index in [1.54, 1.807) is 30.5 Å². The number of nitrogens with zero attached hydrogens (tertiary/aromatic N) is 1. The van der Waals surface area contributed by atoms with E-state index >= 15 is 0 Å². The first-order chi connectivity index (χ1) is 15.4. The lowest BCUT2D eigenvalue weighted by Crippen LogP contribution is -2.29.